The molecule has 4 N–H and O–H groups in total. The highest BCUT2D eigenvalue weighted by molar-refractivity contribution is 5.86. The zero-order valence-electron chi connectivity index (χ0n) is 11.1. The standard InChI is InChI=1S/C12H24N2O3/c1-8(2)7-9(10(15)16)14-11(17)12(3,4)5-6-13/h8-9H,5-7,13H2,1-4H3,(H,14,17)(H,15,16)/t9-/m0/s1. The topological polar surface area (TPSA) is 92.4 Å². The van der Waals surface area contributed by atoms with Gasteiger partial charge >= 0.3 is 5.97 Å². The third kappa shape index (κ3) is 5.68. The summed E-state index contributed by atoms with van der Waals surface area (Å²) in [7, 11) is 0. The minimum Gasteiger partial charge on any atom is -0.480 e. The van der Waals surface area contributed by atoms with Crippen molar-refractivity contribution in [2.75, 3.05) is 6.54 Å². The molecule has 0 spiro atoms. The van der Waals surface area contributed by atoms with E-state index >= 15 is 0 Å². The van der Waals surface area contributed by atoms with Crippen LogP contribution in [-0.2, 0) is 9.59 Å². The normalized spacial score (nSPS) is 13.5. The van der Waals surface area contributed by atoms with Crippen molar-refractivity contribution < 1.29 is 14.7 Å². The van der Waals surface area contributed by atoms with Crippen molar-refractivity contribution >= 4 is 11.9 Å². The fourth-order valence-electron chi connectivity index (χ4n) is 1.52. The second-order valence-electron chi connectivity index (χ2n) is 5.42. The smallest absolute Gasteiger partial charge is 0.326 e. The summed E-state index contributed by atoms with van der Waals surface area (Å²) in [6.45, 7) is 7.79. The average molecular weight is 244 g/mol. The highest BCUT2D eigenvalue weighted by Gasteiger charge is 2.30. The number of hydrogen-bond acceptors (Lipinski definition) is 3. The molecule has 0 radical (unpaired) electrons. The molecule has 0 fully saturated rings. The van der Waals surface area contributed by atoms with Gasteiger partial charge in [0.1, 0.15) is 6.04 Å². The van der Waals surface area contributed by atoms with Crippen LogP contribution in [0.4, 0.5) is 0 Å². The van der Waals surface area contributed by atoms with Crippen molar-refractivity contribution in [3.63, 3.8) is 0 Å². The van der Waals surface area contributed by atoms with Crippen molar-refractivity contribution in [2.24, 2.45) is 17.1 Å². The molecule has 1 amide bonds. The molecular formula is C12H24N2O3. The van der Waals surface area contributed by atoms with Gasteiger partial charge < -0.3 is 16.2 Å². The molecule has 5 heteroatoms. The number of rotatable bonds is 7. The minimum atomic E-state index is -0.990. The molecule has 0 aliphatic carbocycles. The Hall–Kier alpha value is -1.10. The molecule has 0 saturated heterocycles. The summed E-state index contributed by atoms with van der Waals surface area (Å²) in [5, 5.41) is 11.6. The monoisotopic (exact) mass is 244 g/mol. The molecule has 0 saturated carbocycles. The summed E-state index contributed by atoms with van der Waals surface area (Å²) in [4.78, 5) is 22.9. The van der Waals surface area contributed by atoms with E-state index in [4.69, 9.17) is 10.8 Å². The van der Waals surface area contributed by atoms with Crippen LogP contribution in [0.2, 0.25) is 0 Å². The Kier molecular flexibility index (Phi) is 6.16. The molecule has 0 bridgehead atoms. The molecule has 0 aliphatic heterocycles. The van der Waals surface area contributed by atoms with Crippen LogP contribution in [0.5, 0.6) is 0 Å². The number of carboxylic acid groups (broad SMARTS) is 1. The number of carbonyl (C=O) groups excluding carboxylic acids is 1. The van der Waals surface area contributed by atoms with Crippen LogP contribution in [0.1, 0.15) is 40.5 Å². The molecule has 100 valence electrons. The Labute approximate surface area is 103 Å². The maximum atomic E-state index is 11.9. The lowest BCUT2D eigenvalue weighted by molar-refractivity contribution is -0.144. The SMILES string of the molecule is CC(C)C[C@H](NC(=O)C(C)(C)CCN)C(=O)O. The van der Waals surface area contributed by atoms with E-state index in [1.807, 2.05) is 13.8 Å². The molecule has 5 nitrogen and oxygen atoms in total. The lowest BCUT2D eigenvalue weighted by Gasteiger charge is -2.26. The quantitative estimate of drug-likeness (QED) is 0.622. The van der Waals surface area contributed by atoms with Crippen LogP contribution < -0.4 is 11.1 Å². The number of hydrogen-bond donors (Lipinski definition) is 3. The van der Waals surface area contributed by atoms with E-state index in [2.05, 4.69) is 5.32 Å². The van der Waals surface area contributed by atoms with Gasteiger partial charge in [-0.1, -0.05) is 27.7 Å². The van der Waals surface area contributed by atoms with Gasteiger partial charge in [0.05, 0.1) is 0 Å². The molecule has 0 aromatic carbocycles. The summed E-state index contributed by atoms with van der Waals surface area (Å²) in [6, 6.07) is -0.820. The Balaban J connectivity index is 4.55. The highest BCUT2D eigenvalue weighted by Crippen LogP contribution is 2.20. The highest BCUT2D eigenvalue weighted by atomic mass is 16.4. The largest absolute Gasteiger partial charge is 0.480 e. The molecule has 0 aromatic rings. The van der Waals surface area contributed by atoms with Gasteiger partial charge in [0.25, 0.3) is 0 Å². The number of amides is 1. The predicted octanol–water partition coefficient (Wildman–Crippen LogP) is 0.977. The van der Waals surface area contributed by atoms with E-state index in [9.17, 15) is 9.59 Å². The van der Waals surface area contributed by atoms with E-state index in [1.165, 1.54) is 0 Å². The lowest BCUT2D eigenvalue weighted by atomic mass is 9.87. The second kappa shape index (κ2) is 6.59. The summed E-state index contributed by atoms with van der Waals surface area (Å²) in [6.07, 6.45) is 0.965. The molecule has 0 aliphatic rings. The van der Waals surface area contributed by atoms with Crippen LogP contribution in [0.25, 0.3) is 0 Å². The number of nitrogens with two attached hydrogens (primary N) is 1. The molecule has 17 heavy (non-hydrogen) atoms. The fourth-order valence-corrected chi connectivity index (χ4v) is 1.52. The first-order valence-corrected chi connectivity index (χ1v) is 5.94. The molecule has 0 heterocycles. The van der Waals surface area contributed by atoms with Crippen molar-refractivity contribution in [3.05, 3.63) is 0 Å². The Morgan fingerprint density at radius 2 is 1.88 bits per heavy atom. The van der Waals surface area contributed by atoms with E-state index in [0.29, 0.717) is 19.4 Å². The third-order valence-corrected chi connectivity index (χ3v) is 2.69. The Morgan fingerprint density at radius 3 is 2.24 bits per heavy atom. The van der Waals surface area contributed by atoms with E-state index in [1.54, 1.807) is 13.8 Å². The maximum Gasteiger partial charge on any atom is 0.326 e. The lowest BCUT2D eigenvalue weighted by Crippen LogP contribution is -2.47. The van der Waals surface area contributed by atoms with Gasteiger partial charge in [0.15, 0.2) is 0 Å². The van der Waals surface area contributed by atoms with Crippen molar-refractivity contribution in [3.8, 4) is 0 Å². The minimum absolute atomic E-state index is 0.217. The number of carboxylic acids is 1. The van der Waals surface area contributed by atoms with Crippen molar-refractivity contribution in [1.29, 1.82) is 0 Å². The zero-order valence-corrected chi connectivity index (χ0v) is 11.1. The summed E-state index contributed by atoms with van der Waals surface area (Å²) >= 11 is 0. The zero-order chi connectivity index (χ0) is 13.6. The van der Waals surface area contributed by atoms with Gasteiger partial charge in [-0.3, -0.25) is 4.79 Å². The predicted molar refractivity (Wildman–Crippen MR) is 66.5 cm³/mol. The second-order valence-corrected chi connectivity index (χ2v) is 5.42. The van der Waals surface area contributed by atoms with Gasteiger partial charge in [-0.25, -0.2) is 4.79 Å². The van der Waals surface area contributed by atoms with Gasteiger partial charge in [0, 0.05) is 5.41 Å². The van der Waals surface area contributed by atoms with Gasteiger partial charge in [0.2, 0.25) is 5.91 Å². The van der Waals surface area contributed by atoms with Gasteiger partial charge in [-0.15, -0.1) is 0 Å². The summed E-state index contributed by atoms with van der Waals surface area (Å²) < 4.78 is 0. The molecule has 1 atom stereocenters. The van der Waals surface area contributed by atoms with Gasteiger partial charge in [-0.05, 0) is 25.3 Å². The number of carbonyl (C=O) groups is 2. The summed E-state index contributed by atoms with van der Waals surface area (Å²) in [5.74, 6) is -1.03. The first kappa shape index (κ1) is 15.9. The first-order chi connectivity index (χ1) is 7.70. The van der Waals surface area contributed by atoms with Crippen LogP contribution in [0, 0.1) is 11.3 Å². The number of aliphatic carboxylic acids is 1. The molecular weight excluding hydrogens is 220 g/mol. The molecule has 0 rings (SSSR count). The first-order valence-electron chi connectivity index (χ1n) is 5.94. The number of nitrogens with one attached hydrogen (secondary N) is 1. The van der Waals surface area contributed by atoms with E-state index in [0.717, 1.165) is 0 Å². The van der Waals surface area contributed by atoms with E-state index < -0.39 is 17.4 Å². The Bertz CT molecular complexity index is 275. The van der Waals surface area contributed by atoms with Crippen molar-refractivity contribution in [1.82, 2.24) is 5.32 Å². The maximum absolute atomic E-state index is 11.9. The molecule has 0 unspecified atom stereocenters. The van der Waals surface area contributed by atoms with Crippen LogP contribution >= 0.6 is 0 Å². The molecule has 0 aromatic heterocycles. The summed E-state index contributed by atoms with van der Waals surface area (Å²) in [5.41, 5.74) is 4.80. The Morgan fingerprint density at radius 1 is 1.35 bits per heavy atom. The van der Waals surface area contributed by atoms with Gasteiger partial charge in [-0.2, -0.15) is 0 Å². The van der Waals surface area contributed by atoms with Crippen LogP contribution in [0.3, 0.4) is 0 Å². The average Bonchev–Trinajstić information content (AvgIpc) is 2.15. The fraction of sp³-hybridized carbons (Fsp3) is 0.833. The van der Waals surface area contributed by atoms with Crippen LogP contribution in [0.15, 0.2) is 0 Å². The third-order valence-electron chi connectivity index (χ3n) is 2.69. The van der Waals surface area contributed by atoms with Crippen molar-refractivity contribution in [2.45, 2.75) is 46.6 Å². The van der Waals surface area contributed by atoms with Crippen LogP contribution in [-0.4, -0.2) is 29.6 Å². The van der Waals surface area contributed by atoms with E-state index in [-0.39, 0.29) is 11.8 Å².